The van der Waals surface area contributed by atoms with E-state index in [1.165, 1.54) is 6.07 Å². The summed E-state index contributed by atoms with van der Waals surface area (Å²) >= 11 is 0. The summed E-state index contributed by atoms with van der Waals surface area (Å²) in [6.45, 7) is 2.17. The summed E-state index contributed by atoms with van der Waals surface area (Å²) in [4.78, 5) is 42.4. The van der Waals surface area contributed by atoms with Crippen molar-refractivity contribution in [1.29, 1.82) is 0 Å². The van der Waals surface area contributed by atoms with Crippen LogP contribution in [-0.2, 0) is 11.3 Å². The monoisotopic (exact) mass is 354 g/mol. The van der Waals surface area contributed by atoms with E-state index in [9.17, 15) is 14.4 Å². The van der Waals surface area contributed by atoms with Crippen LogP contribution in [0.25, 0.3) is 0 Å². The Labute approximate surface area is 150 Å². The lowest BCUT2D eigenvalue weighted by Crippen LogP contribution is -2.50. The van der Waals surface area contributed by atoms with Crippen LogP contribution in [0.1, 0.15) is 36.4 Å². The third kappa shape index (κ3) is 3.35. The summed E-state index contributed by atoms with van der Waals surface area (Å²) in [6, 6.07) is 11.4. The number of aromatic nitrogens is 2. The summed E-state index contributed by atoms with van der Waals surface area (Å²) in [5.41, 5.74) is 0.689. The summed E-state index contributed by atoms with van der Waals surface area (Å²) in [7, 11) is 0. The van der Waals surface area contributed by atoms with E-state index in [1.807, 2.05) is 30.3 Å². The van der Waals surface area contributed by atoms with E-state index >= 15 is 0 Å². The van der Waals surface area contributed by atoms with Crippen LogP contribution in [0, 0.1) is 0 Å². The molecule has 1 aromatic carbocycles. The molecule has 2 aliphatic rings. The molecule has 7 nitrogen and oxygen atoms in total. The van der Waals surface area contributed by atoms with Crippen LogP contribution in [0.4, 0.5) is 0 Å². The van der Waals surface area contributed by atoms with Crippen LogP contribution in [0.5, 0.6) is 0 Å². The standard InChI is InChI=1S/C19H22N4O3/c24-16-10-14(20-18(26)21-16)12-23-8-6-19(7-9-23)11-15(17(25)22-19)13-4-2-1-3-5-13/h1-5,10,15H,6-9,11-12H2,(H,22,25)(H2,20,21,24,26). The second-order valence-corrected chi connectivity index (χ2v) is 7.33. The summed E-state index contributed by atoms with van der Waals surface area (Å²) < 4.78 is 0. The molecule has 0 radical (unpaired) electrons. The van der Waals surface area contributed by atoms with Crippen molar-refractivity contribution in [3.8, 4) is 0 Å². The number of aromatic amines is 2. The molecule has 2 aromatic rings. The van der Waals surface area contributed by atoms with Crippen LogP contribution in [-0.4, -0.2) is 39.4 Å². The normalized spacial score (nSPS) is 22.5. The van der Waals surface area contributed by atoms with Crippen molar-refractivity contribution in [2.24, 2.45) is 0 Å². The van der Waals surface area contributed by atoms with Crippen molar-refractivity contribution in [3.05, 3.63) is 68.5 Å². The van der Waals surface area contributed by atoms with E-state index in [0.29, 0.717) is 12.2 Å². The lowest BCUT2D eigenvalue weighted by molar-refractivity contribution is -0.121. The minimum Gasteiger partial charge on any atom is -0.350 e. The van der Waals surface area contributed by atoms with Gasteiger partial charge in [0.2, 0.25) is 5.91 Å². The Hall–Kier alpha value is -2.67. The molecular formula is C19H22N4O3. The fourth-order valence-electron chi connectivity index (χ4n) is 4.15. The lowest BCUT2D eigenvalue weighted by atomic mass is 9.82. The smallest absolute Gasteiger partial charge is 0.325 e. The first-order chi connectivity index (χ1) is 12.5. The third-order valence-electron chi connectivity index (χ3n) is 5.52. The molecule has 26 heavy (non-hydrogen) atoms. The average Bonchev–Trinajstić information content (AvgIpc) is 2.93. The number of likely N-dealkylation sites (tertiary alicyclic amines) is 1. The van der Waals surface area contributed by atoms with Crippen molar-refractivity contribution in [2.45, 2.75) is 37.3 Å². The summed E-state index contributed by atoms with van der Waals surface area (Å²) in [5, 5.41) is 3.24. The van der Waals surface area contributed by atoms with Crippen molar-refractivity contribution >= 4 is 5.91 Å². The van der Waals surface area contributed by atoms with E-state index in [-0.39, 0.29) is 22.9 Å². The molecular weight excluding hydrogens is 332 g/mol. The predicted molar refractivity (Wildman–Crippen MR) is 96.9 cm³/mol. The molecule has 2 aliphatic heterocycles. The number of piperidine rings is 1. The molecule has 1 unspecified atom stereocenters. The predicted octanol–water partition coefficient (Wildman–Crippen LogP) is 0.701. The Morgan fingerprint density at radius 1 is 1.04 bits per heavy atom. The van der Waals surface area contributed by atoms with Gasteiger partial charge in [-0.1, -0.05) is 30.3 Å². The van der Waals surface area contributed by atoms with E-state index in [4.69, 9.17) is 0 Å². The average molecular weight is 354 g/mol. The van der Waals surface area contributed by atoms with Gasteiger partial charge < -0.3 is 10.3 Å². The molecule has 0 saturated carbocycles. The molecule has 3 heterocycles. The highest BCUT2D eigenvalue weighted by Gasteiger charge is 2.46. The Morgan fingerprint density at radius 2 is 1.77 bits per heavy atom. The first-order valence-electron chi connectivity index (χ1n) is 8.95. The van der Waals surface area contributed by atoms with Gasteiger partial charge in [0.05, 0.1) is 5.92 Å². The Morgan fingerprint density at radius 3 is 2.46 bits per heavy atom. The molecule has 4 rings (SSSR count). The maximum Gasteiger partial charge on any atom is 0.325 e. The molecule has 2 fully saturated rings. The van der Waals surface area contributed by atoms with Gasteiger partial charge in [0.25, 0.3) is 5.56 Å². The Kier molecular flexibility index (Phi) is 4.24. The number of nitrogens with zero attached hydrogens (tertiary/aromatic N) is 1. The lowest BCUT2D eigenvalue weighted by Gasteiger charge is -2.39. The number of rotatable bonds is 3. The Balaban J connectivity index is 1.41. The van der Waals surface area contributed by atoms with Crippen molar-refractivity contribution in [1.82, 2.24) is 20.2 Å². The van der Waals surface area contributed by atoms with Gasteiger partial charge in [-0.2, -0.15) is 0 Å². The van der Waals surface area contributed by atoms with Gasteiger partial charge in [-0.15, -0.1) is 0 Å². The SMILES string of the molecule is O=C1NC2(CCN(Cc3cc(=O)[nH]c(=O)[nH]3)CC2)CC1c1ccccc1. The summed E-state index contributed by atoms with van der Waals surface area (Å²) in [6.07, 6.45) is 2.57. The molecule has 0 bridgehead atoms. The number of nitrogens with one attached hydrogen (secondary N) is 3. The fourth-order valence-corrected chi connectivity index (χ4v) is 4.15. The molecule has 7 heteroatoms. The molecule has 0 aliphatic carbocycles. The molecule has 136 valence electrons. The van der Waals surface area contributed by atoms with Gasteiger partial charge in [-0.3, -0.25) is 19.5 Å². The topological polar surface area (TPSA) is 98.1 Å². The van der Waals surface area contributed by atoms with Gasteiger partial charge >= 0.3 is 5.69 Å². The number of carbonyl (C=O) groups excluding carboxylic acids is 1. The fraction of sp³-hybridized carbons (Fsp3) is 0.421. The largest absolute Gasteiger partial charge is 0.350 e. The zero-order chi connectivity index (χ0) is 18.1. The van der Waals surface area contributed by atoms with Gasteiger partial charge in [0.15, 0.2) is 0 Å². The number of H-pyrrole nitrogens is 2. The maximum atomic E-state index is 12.5. The number of carbonyl (C=O) groups is 1. The highest BCUT2D eigenvalue weighted by molar-refractivity contribution is 5.87. The summed E-state index contributed by atoms with van der Waals surface area (Å²) in [5.74, 6) is 0.0374. The first kappa shape index (κ1) is 16.8. The van der Waals surface area contributed by atoms with Crippen LogP contribution in [0.2, 0.25) is 0 Å². The van der Waals surface area contributed by atoms with E-state index < -0.39 is 5.69 Å². The zero-order valence-electron chi connectivity index (χ0n) is 14.5. The Bertz CT molecular complexity index is 882. The molecule has 2 saturated heterocycles. The molecule has 1 aromatic heterocycles. The van der Waals surface area contributed by atoms with Crippen LogP contribution < -0.4 is 16.6 Å². The zero-order valence-corrected chi connectivity index (χ0v) is 14.5. The van der Waals surface area contributed by atoms with Crippen LogP contribution in [0.3, 0.4) is 0 Å². The molecule has 1 atom stereocenters. The third-order valence-corrected chi connectivity index (χ3v) is 5.52. The second kappa shape index (κ2) is 6.57. The highest BCUT2D eigenvalue weighted by atomic mass is 16.2. The van der Waals surface area contributed by atoms with Crippen molar-refractivity contribution < 1.29 is 4.79 Å². The highest BCUT2D eigenvalue weighted by Crippen LogP contribution is 2.39. The van der Waals surface area contributed by atoms with E-state index in [1.54, 1.807) is 0 Å². The molecule has 3 N–H and O–H groups in total. The van der Waals surface area contributed by atoms with Crippen LogP contribution >= 0.6 is 0 Å². The first-order valence-corrected chi connectivity index (χ1v) is 8.95. The second-order valence-electron chi connectivity index (χ2n) is 7.33. The van der Waals surface area contributed by atoms with E-state index in [0.717, 1.165) is 37.9 Å². The minimum atomic E-state index is -0.477. The molecule has 1 spiro atoms. The maximum absolute atomic E-state index is 12.5. The molecule has 1 amide bonds. The van der Waals surface area contributed by atoms with Gasteiger partial charge in [-0.25, -0.2) is 4.79 Å². The van der Waals surface area contributed by atoms with E-state index in [2.05, 4.69) is 20.2 Å². The van der Waals surface area contributed by atoms with Crippen LogP contribution in [0.15, 0.2) is 46.0 Å². The van der Waals surface area contributed by atoms with Crippen molar-refractivity contribution in [2.75, 3.05) is 13.1 Å². The van der Waals surface area contributed by atoms with Gasteiger partial charge in [0.1, 0.15) is 0 Å². The number of benzene rings is 1. The van der Waals surface area contributed by atoms with Gasteiger partial charge in [0, 0.05) is 36.9 Å². The number of amides is 1. The van der Waals surface area contributed by atoms with Gasteiger partial charge in [-0.05, 0) is 24.8 Å². The van der Waals surface area contributed by atoms with Crippen molar-refractivity contribution in [3.63, 3.8) is 0 Å². The number of hydrogen-bond acceptors (Lipinski definition) is 4. The number of hydrogen-bond donors (Lipinski definition) is 3. The quantitative estimate of drug-likeness (QED) is 0.756. The minimum absolute atomic E-state index is 0.0770.